The summed E-state index contributed by atoms with van der Waals surface area (Å²) in [7, 11) is 0. The lowest BCUT2D eigenvalue weighted by molar-refractivity contribution is -0.137. The summed E-state index contributed by atoms with van der Waals surface area (Å²) in [5.74, 6) is -0.341. The Bertz CT molecular complexity index is 757. The highest BCUT2D eigenvalue weighted by atomic mass is 32.1. The number of rotatable bonds is 3. The van der Waals surface area contributed by atoms with E-state index >= 15 is 0 Å². The monoisotopic (exact) mass is 355 g/mol. The Morgan fingerprint density at radius 3 is 2.88 bits per heavy atom. The van der Waals surface area contributed by atoms with Gasteiger partial charge in [0.2, 0.25) is 5.91 Å². The Morgan fingerprint density at radius 2 is 2.12 bits per heavy atom. The van der Waals surface area contributed by atoms with Gasteiger partial charge < -0.3 is 11.1 Å². The molecule has 0 aliphatic carbocycles. The van der Waals surface area contributed by atoms with Gasteiger partial charge in [0, 0.05) is 29.3 Å². The van der Waals surface area contributed by atoms with E-state index in [1.165, 1.54) is 16.5 Å². The predicted octanol–water partition coefficient (Wildman–Crippen LogP) is 3.35. The normalized spacial score (nSPS) is 15.1. The molecule has 2 heterocycles. The number of halogens is 3. The standard InChI is InChI=1S/C16H16F3N3OS/c17-16(18,19)12-7-11(1-2-13(12)20)21-15(23)9-22-5-3-14-10(8-22)4-6-24-14/h1-2,4,6-7H,3,5,8-9,20H2,(H,21,23). The lowest BCUT2D eigenvalue weighted by atomic mass is 10.1. The summed E-state index contributed by atoms with van der Waals surface area (Å²) >= 11 is 1.71. The number of hydrogen-bond acceptors (Lipinski definition) is 4. The fraction of sp³-hybridized carbons (Fsp3) is 0.312. The zero-order valence-corrected chi connectivity index (χ0v) is 13.5. The summed E-state index contributed by atoms with van der Waals surface area (Å²) in [6, 6.07) is 5.42. The second-order valence-electron chi connectivity index (χ2n) is 5.68. The van der Waals surface area contributed by atoms with Crippen LogP contribution in [0.5, 0.6) is 0 Å². The van der Waals surface area contributed by atoms with Crippen molar-refractivity contribution in [3.63, 3.8) is 0 Å². The number of thiophene rings is 1. The minimum atomic E-state index is -4.55. The molecule has 1 aromatic heterocycles. The summed E-state index contributed by atoms with van der Waals surface area (Å²) in [5.41, 5.74) is 5.35. The Labute approximate surface area is 141 Å². The molecule has 2 aromatic rings. The lowest BCUT2D eigenvalue weighted by Crippen LogP contribution is -2.36. The average molecular weight is 355 g/mol. The number of benzene rings is 1. The van der Waals surface area contributed by atoms with Crippen LogP contribution in [0, 0.1) is 0 Å². The van der Waals surface area contributed by atoms with Crippen LogP contribution in [0.15, 0.2) is 29.6 Å². The van der Waals surface area contributed by atoms with E-state index in [0.29, 0.717) is 6.54 Å². The second kappa shape index (κ2) is 6.45. The van der Waals surface area contributed by atoms with Gasteiger partial charge in [-0.2, -0.15) is 13.2 Å². The topological polar surface area (TPSA) is 58.4 Å². The molecular formula is C16H16F3N3OS. The van der Waals surface area contributed by atoms with Crippen LogP contribution in [0.2, 0.25) is 0 Å². The molecule has 1 aliphatic heterocycles. The van der Waals surface area contributed by atoms with Gasteiger partial charge in [0.1, 0.15) is 0 Å². The van der Waals surface area contributed by atoms with Crippen LogP contribution in [-0.2, 0) is 23.9 Å². The van der Waals surface area contributed by atoms with E-state index in [1.54, 1.807) is 11.3 Å². The van der Waals surface area contributed by atoms with Gasteiger partial charge >= 0.3 is 6.18 Å². The third-order valence-electron chi connectivity index (χ3n) is 3.90. The molecule has 0 spiro atoms. The smallest absolute Gasteiger partial charge is 0.398 e. The number of amides is 1. The predicted molar refractivity (Wildman–Crippen MR) is 87.8 cm³/mol. The minimum Gasteiger partial charge on any atom is -0.398 e. The largest absolute Gasteiger partial charge is 0.418 e. The van der Waals surface area contributed by atoms with E-state index in [9.17, 15) is 18.0 Å². The van der Waals surface area contributed by atoms with Crippen molar-refractivity contribution in [2.75, 3.05) is 24.1 Å². The highest BCUT2D eigenvalue weighted by molar-refractivity contribution is 7.10. The lowest BCUT2D eigenvalue weighted by Gasteiger charge is -2.26. The molecule has 0 bridgehead atoms. The molecule has 0 saturated heterocycles. The number of nitrogens with two attached hydrogens (primary N) is 1. The van der Waals surface area contributed by atoms with Gasteiger partial charge in [0.25, 0.3) is 0 Å². The maximum atomic E-state index is 12.8. The molecule has 3 N–H and O–H groups in total. The number of nitrogens with zero attached hydrogens (tertiary/aromatic N) is 1. The van der Waals surface area contributed by atoms with E-state index < -0.39 is 11.7 Å². The maximum absolute atomic E-state index is 12.8. The van der Waals surface area contributed by atoms with Gasteiger partial charge in [0.15, 0.2) is 0 Å². The molecule has 1 aromatic carbocycles. The molecule has 0 fully saturated rings. The summed E-state index contributed by atoms with van der Waals surface area (Å²) in [4.78, 5) is 15.4. The van der Waals surface area contributed by atoms with E-state index in [-0.39, 0.29) is 23.8 Å². The number of anilines is 2. The summed E-state index contributed by atoms with van der Waals surface area (Å²) in [6.07, 6.45) is -3.66. The van der Waals surface area contributed by atoms with E-state index in [0.717, 1.165) is 25.1 Å². The van der Waals surface area contributed by atoms with Gasteiger partial charge in [-0.15, -0.1) is 11.3 Å². The fourth-order valence-electron chi connectivity index (χ4n) is 2.73. The SMILES string of the molecule is Nc1ccc(NC(=O)CN2CCc3sccc3C2)cc1C(F)(F)F. The molecule has 1 aliphatic rings. The molecule has 24 heavy (non-hydrogen) atoms. The van der Waals surface area contributed by atoms with Gasteiger partial charge in [-0.25, -0.2) is 0 Å². The van der Waals surface area contributed by atoms with Crippen LogP contribution in [0.4, 0.5) is 24.5 Å². The summed E-state index contributed by atoms with van der Waals surface area (Å²) in [5, 5.41) is 4.54. The van der Waals surface area contributed by atoms with Crippen molar-refractivity contribution < 1.29 is 18.0 Å². The molecule has 128 valence electrons. The number of carbonyl (C=O) groups excluding carboxylic acids is 1. The first-order valence-electron chi connectivity index (χ1n) is 7.37. The van der Waals surface area contributed by atoms with Crippen LogP contribution in [0.3, 0.4) is 0 Å². The number of nitrogen functional groups attached to an aromatic ring is 1. The van der Waals surface area contributed by atoms with Crippen molar-refractivity contribution in [2.24, 2.45) is 0 Å². The fourth-order valence-corrected chi connectivity index (χ4v) is 3.61. The van der Waals surface area contributed by atoms with E-state index in [4.69, 9.17) is 5.73 Å². The Morgan fingerprint density at radius 1 is 1.33 bits per heavy atom. The zero-order chi connectivity index (χ0) is 17.3. The van der Waals surface area contributed by atoms with Gasteiger partial charge in [-0.3, -0.25) is 9.69 Å². The van der Waals surface area contributed by atoms with Gasteiger partial charge in [-0.1, -0.05) is 0 Å². The van der Waals surface area contributed by atoms with Gasteiger partial charge in [-0.05, 0) is 41.6 Å². The first-order valence-corrected chi connectivity index (χ1v) is 8.25. The first kappa shape index (κ1) is 16.8. The Hall–Kier alpha value is -2.06. The maximum Gasteiger partial charge on any atom is 0.418 e. The number of alkyl halides is 3. The van der Waals surface area contributed by atoms with E-state index in [2.05, 4.69) is 5.32 Å². The van der Waals surface area contributed by atoms with Crippen molar-refractivity contribution in [3.05, 3.63) is 45.6 Å². The van der Waals surface area contributed by atoms with Crippen LogP contribution in [0.1, 0.15) is 16.0 Å². The molecular weight excluding hydrogens is 339 g/mol. The second-order valence-corrected chi connectivity index (χ2v) is 6.68. The number of carbonyl (C=O) groups is 1. The minimum absolute atomic E-state index is 0.0924. The van der Waals surface area contributed by atoms with Crippen LogP contribution in [0.25, 0.3) is 0 Å². The zero-order valence-electron chi connectivity index (χ0n) is 12.7. The number of nitrogens with one attached hydrogen (secondary N) is 1. The molecule has 1 amide bonds. The molecule has 0 radical (unpaired) electrons. The van der Waals surface area contributed by atoms with Gasteiger partial charge in [0.05, 0.1) is 12.1 Å². The van der Waals surface area contributed by atoms with Crippen LogP contribution in [-0.4, -0.2) is 23.9 Å². The van der Waals surface area contributed by atoms with Crippen molar-refractivity contribution in [1.29, 1.82) is 0 Å². The van der Waals surface area contributed by atoms with Crippen molar-refractivity contribution >= 4 is 28.6 Å². The number of fused-ring (bicyclic) bond motifs is 1. The molecule has 4 nitrogen and oxygen atoms in total. The molecule has 3 rings (SSSR count). The molecule has 0 unspecified atom stereocenters. The highest BCUT2D eigenvalue weighted by Gasteiger charge is 2.33. The summed E-state index contributed by atoms with van der Waals surface area (Å²) < 4.78 is 38.5. The Kier molecular flexibility index (Phi) is 4.51. The average Bonchev–Trinajstić information content (AvgIpc) is 2.95. The highest BCUT2D eigenvalue weighted by Crippen LogP contribution is 2.35. The van der Waals surface area contributed by atoms with Crippen LogP contribution < -0.4 is 11.1 Å². The number of hydrogen-bond donors (Lipinski definition) is 2. The van der Waals surface area contributed by atoms with E-state index in [1.807, 2.05) is 16.3 Å². The molecule has 8 heteroatoms. The molecule has 0 atom stereocenters. The quantitative estimate of drug-likeness (QED) is 0.830. The first-order chi connectivity index (χ1) is 11.3. The third kappa shape index (κ3) is 3.70. The Balaban J connectivity index is 1.63. The third-order valence-corrected chi connectivity index (χ3v) is 4.92. The van der Waals surface area contributed by atoms with Crippen molar-refractivity contribution in [3.8, 4) is 0 Å². The van der Waals surface area contributed by atoms with Crippen molar-refractivity contribution in [2.45, 2.75) is 19.1 Å². The summed E-state index contributed by atoms with van der Waals surface area (Å²) in [6.45, 7) is 1.58. The molecule has 0 saturated carbocycles. The van der Waals surface area contributed by atoms with Crippen LogP contribution >= 0.6 is 11.3 Å². The van der Waals surface area contributed by atoms with Crippen molar-refractivity contribution in [1.82, 2.24) is 4.90 Å².